The number of nitrogens with zero attached hydrogens (tertiary/aromatic N) is 2. The van der Waals surface area contributed by atoms with Crippen LogP contribution in [-0.4, -0.2) is 0 Å². The van der Waals surface area contributed by atoms with Gasteiger partial charge in [0.25, 0.3) is 0 Å². The Morgan fingerprint density at radius 2 is 1.60 bits per heavy atom. The SMILES string of the molecule is N#CC1=C(N)OC(c2ccccc2)=C(C#N)[C@@H]1c1cccc(Cl)c1Cl. The minimum absolute atomic E-state index is 0.0543. The number of hydrogen-bond acceptors (Lipinski definition) is 4. The lowest BCUT2D eigenvalue weighted by atomic mass is 9.82. The van der Waals surface area contributed by atoms with Crippen molar-refractivity contribution in [2.75, 3.05) is 0 Å². The highest BCUT2D eigenvalue weighted by atomic mass is 35.5. The van der Waals surface area contributed by atoms with Gasteiger partial charge in [0.2, 0.25) is 5.88 Å². The predicted molar refractivity (Wildman–Crippen MR) is 96.1 cm³/mol. The third-order valence-corrected chi connectivity index (χ3v) is 4.70. The lowest BCUT2D eigenvalue weighted by Gasteiger charge is -2.26. The summed E-state index contributed by atoms with van der Waals surface area (Å²) in [6.07, 6.45) is 0. The Bertz CT molecular complexity index is 982. The molecule has 2 aromatic carbocycles. The van der Waals surface area contributed by atoms with Crippen molar-refractivity contribution in [1.82, 2.24) is 0 Å². The Morgan fingerprint density at radius 1 is 0.920 bits per heavy atom. The van der Waals surface area contributed by atoms with E-state index in [1.54, 1.807) is 30.3 Å². The van der Waals surface area contributed by atoms with Gasteiger partial charge in [-0.2, -0.15) is 10.5 Å². The minimum Gasteiger partial charge on any atom is -0.439 e. The summed E-state index contributed by atoms with van der Waals surface area (Å²) in [4.78, 5) is 0. The van der Waals surface area contributed by atoms with E-state index in [0.29, 0.717) is 21.9 Å². The van der Waals surface area contributed by atoms with Gasteiger partial charge in [-0.25, -0.2) is 0 Å². The van der Waals surface area contributed by atoms with Gasteiger partial charge >= 0.3 is 0 Å². The van der Waals surface area contributed by atoms with Gasteiger partial charge in [0.1, 0.15) is 11.6 Å². The number of allylic oxidation sites excluding steroid dienone is 2. The summed E-state index contributed by atoms with van der Waals surface area (Å²) in [5, 5.41) is 19.9. The first-order valence-corrected chi connectivity index (χ1v) is 8.05. The molecule has 2 N–H and O–H groups in total. The number of hydrogen-bond donors (Lipinski definition) is 1. The summed E-state index contributed by atoms with van der Waals surface area (Å²) in [6, 6.07) is 18.3. The van der Waals surface area contributed by atoms with E-state index in [9.17, 15) is 10.5 Å². The Hall–Kier alpha value is -2.92. The number of nitrogens with two attached hydrogens (primary N) is 1. The number of rotatable bonds is 2. The second-order valence-corrected chi connectivity index (χ2v) is 6.07. The molecular weight excluding hydrogens is 357 g/mol. The van der Waals surface area contributed by atoms with Crippen LogP contribution >= 0.6 is 23.2 Å². The smallest absolute Gasteiger partial charge is 0.205 e. The van der Waals surface area contributed by atoms with Gasteiger partial charge in [-0.3, -0.25) is 0 Å². The molecule has 1 aliphatic heterocycles. The second kappa shape index (κ2) is 6.91. The third kappa shape index (κ3) is 2.94. The lowest BCUT2D eigenvalue weighted by molar-refractivity contribution is 0.357. The number of benzene rings is 2. The van der Waals surface area contributed by atoms with Crippen LogP contribution in [0.25, 0.3) is 5.76 Å². The van der Waals surface area contributed by atoms with E-state index in [1.807, 2.05) is 24.3 Å². The average Bonchev–Trinajstić information content (AvgIpc) is 2.64. The molecule has 0 unspecified atom stereocenters. The van der Waals surface area contributed by atoms with Gasteiger partial charge < -0.3 is 10.5 Å². The van der Waals surface area contributed by atoms with Crippen molar-refractivity contribution in [1.29, 1.82) is 10.5 Å². The fourth-order valence-corrected chi connectivity index (χ4v) is 3.15. The standard InChI is InChI=1S/C19H11Cl2N3O/c20-15-8-4-7-12(17(15)21)16-13(9-22)18(11-5-2-1-3-6-11)25-19(24)14(16)10-23/h1-8,16H,24H2/t16-/m0/s1. The highest BCUT2D eigenvalue weighted by Gasteiger charge is 2.35. The van der Waals surface area contributed by atoms with E-state index >= 15 is 0 Å². The van der Waals surface area contributed by atoms with Gasteiger partial charge in [-0.1, -0.05) is 65.7 Å². The molecule has 2 aromatic rings. The molecule has 0 aromatic heterocycles. The zero-order valence-corrected chi connectivity index (χ0v) is 14.3. The van der Waals surface area contributed by atoms with Crippen molar-refractivity contribution < 1.29 is 4.74 Å². The van der Waals surface area contributed by atoms with Crippen LogP contribution in [0.2, 0.25) is 10.0 Å². The van der Waals surface area contributed by atoms with Crippen molar-refractivity contribution in [2.24, 2.45) is 5.73 Å². The quantitative estimate of drug-likeness (QED) is 0.830. The first kappa shape index (κ1) is 16.9. The summed E-state index contributed by atoms with van der Waals surface area (Å²) >= 11 is 12.4. The van der Waals surface area contributed by atoms with Crippen molar-refractivity contribution in [3.8, 4) is 12.1 Å². The summed E-state index contributed by atoms with van der Waals surface area (Å²) in [7, 11) is 0. The number of halogens is 2. The second-order valence-electron chi connectivity index (χ2n) is 5.29. The average molecular weight is 368 g/mol. The molecule has 3 rings (SSSR count). The summed E-state index contributed by atoms with van der Waals surface area (Å²) < 4.78 is 5.62. The predicted octanol–water partition coefficient (Wildman–Crippen LogP) is 4.74. The van der Waals surface area contributed by atoms with E-state index in [1.165, 1.54) is 0 Å². The zero-order valence-electron chi connectivity index (χ0n) is 12.8. The topological polar surface area (TPSA) is 82.8 Å². The minimum atomic E-state index is -0.745. The monoisotopic (exact) mass is 367 g/mol. The van der Waals surface area contributed by atoms with Gasteiger partial charge in [-0.15, -0.1) is 0 Å². The Balaban J connectivity index is 2.30. The maximum absolute atomic E-state index is 9.78. The van der Waals surface area contributed by atoms with E-state index in [4.69, 9.17) is 33.7 Å². The third-order valence-electron chi connectivity index (χ3n) is 3.87. The molecule has 6 heteroatoms. The molecule has 0 radical (unpaired) electrons. The molecule has 0 saturated heterocycles. The molecule has 0 amide bonds. The molecule has 0 fully saturated rings. The highest BCUT2D eigenvalue weighted by molar-refractivity contribution is 6.42. The number of ether oxygens (including phenoxy) is 1. The van der Waals surface area contributed by atoms with Crippen molar-refractivity contribution in [3.63, 3.8) is 0 Å². The summed E-state index contributed by atoms with van der Waals surface area (Å²) in [5.41, 5.74) is 7.55. The molecule has 0 saturated carbocycles. The van der Waals surface area contributed by atoms with Gasteiger partial charge in [0.15, 0.2) is 5.76 Å². The Labute approximate surface area is 155 Å². The molecule has 1 heterocycles. The molecule has 1 atom stereocenters. The molecule has 0 bridgehead atoms. The molecule has 1 aliphatic rings. The summed E-state index contributed by atoms with van der Waals surface area (Å²) in [5.74, 6) is -0.493. The molecular formula is C19H11Cl2N3O. The Kier molecular flexibility index (Phi) is 4.67. The maximum Gasteiger partial charge on any atom is 0.205 e. The van der Waals surface area contributed by atoms with Gasteiger partial charge in [0, 0.05) is 5.56 Å². The van der Waals surface area contributed by atoms with Crippen molar-refractivity contribution in [2.45, 2.75) is 5.92 Å². The molecule has 4 nitrogen and oxygen atoms in total. The van der Waals surface area contributed by atoms with Gasteiger partial charge in [-0.05, 0) is 11.6 Å². The van der Waals surface area contributed by atoms with Gasteiger partial charge in [0.05, 0.1) is 27.6 Å². The van der Waals surface area contributed by atoms with Crippen LogP contribution in [0.3, 0.4) is 0 Å². The van der Waals surface area contributed by atoms with E-state index in [2.05, 4.69) is 6.07 Å². The fourth-order valence-electron chi connectivity index (χ4n) is 2.73. The maximum atomic E-state index is 9.78. The van der Waals surface area contributed by atoms with E-state index in [0.717, 1.165) is 0 Å². The summed E-state index contributed by atoms with van der Waals surface area (Å²) in [6.45, 7) is 0. The normalized spacial score (nSPS) is 16.9. The molecule has 0 spiro atoms. The van der Waals surface area contributed by atoms with Crippen LogP contribution in [0.1, 0.15) is 17.0 Å². The molecule has 122 valence electrons. The zero-order chi connectivity index (χ0) is 18.0. The number of nitriles is 2. The fraction of sp³-hybridized carbons (Fsp3) is 0.0526. The van der Waals surface area contributed by atoms with Crippen molar-refractivity contribution in [3.05, 3.63) is 86.7 Å². The molecule has 25 heavy (non-hydrogen) atoms. The Morgan fingerprint density at radius 3 is 2.24 bits per heavy atom. The highest BCUT2D eigenvalue weighted by Crippen LogP contribution is 2.45. The first-order chi connectivity index (χ1) is 12.1. The van der Waals surface area contributed by atoms with Crippen LogP contribution < -0.4 is 5.73 Å². The van der Waals surface area contributed by atoms with Crippen LogP contribution in [-0.2, 0) is 4.74 Å². The van der Waals surface area contributed by atoms with Crippen molar-refractivity contribution >= 4 is 29.0 Å². The lowest BCUT2D eigenvalue weighted by Crippen LogP contribution is -2.20. The van der Waals surface area contributed by atoms with E-state index < -0.39 is 5.92 Å². The largest absolute Gasteiger partial charge is 0.439 e. The van der Waals surface area contributed by atoms with Crippen LogP contribution in [0.4, 0.5) is 0 Å². The first-order valence-electron chi connectivity index (χ1n) is 7.29. The van der Waals surface area contributed by atoms with Crippen LogP contribution in [0.5, 0.6) is 0 Å². The van der Waals surface area contributed by atoms with Crippen LogP contribution in [0, 0.1) is 22.7 Å². The van der Waals surface area contributed by atoms with E-state index in [-0.39, 0.29) is 22.1 Å². The van der Waals surface area contributed by atoms with Crippen LogP contribution in [0.15, 0.2) is 65.6 Å². The molecule has 0 aliphatic carbocycles.